The molecule has 1 aromatic heterocycles. The van der Waals surface area contributed by atoms with Crippen LogP contribution in [0.15, 0.2) is 4.47 Å². The number of carboxylic acid groups (broad SMARTS) is 1. The number of halogens is 1. The van der Waals surface area contributed by atoms with Crippen LogP contribution in [-0.4, -0.2) is 20.9 Å². The van der Waals surface area contributed by atoms with Crippen molar-refractivity contribution in [3.05, 3.63) is 15.9 Å². The number of carboxylic acids is 1. The fourth-order valence-electron chi connectivity index (χ4n) is 1.01. The third kappa shape index (κ3) is 1.36. The summed E-state index contributed by atoms with van der Waals surface area (Å²) in [6.07, 6.45) is 0.724. The van der Waals surface area contributed by atoms with Crippen molar-refractivity contribution >= 4 is 21.9 Å². The molecule has 1 rings (SSSR count). The summed E-state index contributed by atoms with van der Waals surface area (Å²) in [5, 5.41) is 12.8. The maximum atomic E-state index is 10.7. The van der Waals surface area contributed by atoms with Gasteiger partial charge in [0.05, 0.1) is 10.2 Å². The Morgan fingerprint density at radius 3 is 2.58 bits per heavy atom. The Hall–Kier alpha value is -0.840. The summed E-state index contributed by atoms with van der Waals surface area (Å²) in [6.45, 7) is 1.93. The topological polar surface area (TPSA) is 55.1 Å². The minimum Gasteiger partial charge on any atom is -0.476 e. The van der Waals surface area contributed by atoms with E-state index in [2.05, 4.69) is 21.0 Å². The molecule has 0 saturated heterocycles. The van der Waals surface area contributed by atoms with Crippen molar-refractivity contribution in [2.24, 2.45) is 7.05 Å². The number of nitrogens with zero attached hydrogens (tertiary/aromatic N) is 2. The number of carbonyl (C=O) groups is 1. The third-order valence-corrected chi connectivity index (χ3v) is 2.43. The zero-order valence-electron chi connectivity index (χ0n) is 6.83. The van der Waals surface area contributed by atoms with E-state index in [9.17, 15) is 4.79 Å². The zero-order chi connectivity index (χ0) is 9.30. The van der Waals surface area contributed by atoms with Crippen LogP contribution in [0.25, 0.3) is 0 Å². The first-order chi connectivity index (χ1) is 5.57. The van der Waals surface area contributed by atoms with Gasteiger partial charge in [0, 0.05) is 7.05 Å². The van der Waals surface area contributed by atoms with Crippen LogP contribution in [0.1, 0.15) is 23.1 Å². The van der Waals surface area contributed by atoms with Crippen molar-refractivity contribution in [1.82, 2.24) is 9.78 Å². The van der Waals surface area contributed by atoms with E-state index in [1.165, 1.54) is 4.68 Å². The second-order valence-electron chi connectivity index (χ2n) is 2.39. The number of aromatic carboxylic acids is 1. The van der Waals surface area contributed by atoms with E-state index in [0.29, 0.717) is 4.47 Å². The molecular formula is C7H9BrN2O2. The number of aryl methyl sites for hydroxylation is 2. The molecule has 0 saturated carbocycles. The van der Waals surface area contributed by atoms with Gasteiger partial charge in [-0.2, -0.15) is 5.10 Å². The van der Waals surface area contributed by atoms with Gasteiger partial charge in [-0.05, 0) is 22.4 Å². The summed E-state index contributed by atoms with van der Waals surface area (Å²) in [5.74, 6) is -0.962. The molecule has 1 N–H and O–H groups in total. The molecule has 0 unspecified atom stereocenters. The second-order valence-corrected chi connectivity index (χ2v) is 3.18. The summed E-state index contributed by atoms with van der Waals surface area (Å²) in [6, 6.07) is 0. The van der Waals surface area contributed by atoms with Crippen LogP contribution in [0.5, 0.6) is 0 Å². The van der Waals surface area contributed by atoms with Gasteiger partial charge in [-0.3, -0.25) is 4.68 Å². The van der Waals surface area contributed by atoms with Crippen LogP contribution >= 0.6 is 15.9 Å². The minimum absolute atomic E-state index is 0.201. The number of aromatic nitrogens is 2. The largest absolute Gasteiger partial charge is 0.476 e. The van der Waals surface area contributed by atoms with E-state index in [1.807, 2.05) is 6.92 Å². The summed E-state index contributed by atoms with van der Waals surface area (Å²) >= 11 is 3.20. The van der Waals surface area contributed by atoms with Crippen LogP contribution in [0.2, 0.25) is 0 Å². The highest BCUT2D eigenvalue weighted by Crippen LogP contribution is 2.20. The van der Waals surface area contributed by atoms with Crippen LogP contribution in [0, 0.1) is 0 Å². The monoisotopic (exact) mass is 232 g/mol. The summed E-state index contributed by atoms with van der Waals surface area (Å²) < 4.78 is 1.95. The van der Waals surface area contributed by atoms with Crippen molar-refractivity contribution in [1.29, 1.82) is 0 Å². The maximum absolute atomic E-state index is 10.7. The van der Waals surface area contributed by atoms with Crippen molar-refractivity contribution in [3.63, 3.8) is 0 Å². The van der Waals surface area contributed by atoms with Gasteiger partial charge >= 0.3 is 5.97 Å². The van der Waals surface area contributed by atoms with E-state index in [1.54, 1.807) is 7.05 Å². The molecule has 4 nitrogen and oxygen atoms in total. The average Bonchev–Trinajstić information content (AvgIpc) is 2.25. The molecule has 1 aromatic rings. The molecule has 0 bridgehead atoms. The van der Waals surface area contributed by atoms with Gasteiger partial charge in [0.15, 0.2) is 5.69 Å². The smallest absolute Gasteiger partial charge is 0.355 e. The average molecular weight is 233 g/mol. The standard InChI is InChI=1S/C7H9BrN2O2/c1-3-4-5(8)6(7(11)12)10(2)9-4/h3H2,1-2H3,(H,11,12). The van der Waals surface area contributed by atoms with Gasteiger partial charge in [-0.25, -0.2) is 4.79 Å². The molecule has 66 valence electrons. The van der Waals surface area contributed by atoms with E-state index in [-0.39, 0.29) is 5.69 Å². The van der Waals surface area contributed by atoms with Gasteiger partial charge in [0.2, 0.25) is 0 Å². The van der Waals surface area contributed by atoms with Crippen molar-refractivity contribution in [2.45, 2.75) is 13.3 Å². The van der Waals surface area contributed by atoms with Crippen LogP contribution in [0.4, 0.5) is 0 Å². The fourth-order valence-corrected chi connectivity index (χ4v) is 1.80. The summed E-state index contributed by atoms with van der Waals surface area (Å²) in [4.78, 5) is 10.7. The van der Waals surface area contributed by atoms with E-state index < -0.39 is 5.97 Å². The van der Waals surface area contributed by atoms with Gasteiger partial charge in [-0.1, -0.05) is 6.92 Å². The molecular weight excluding hydrogens is 224 g/mol. The molecule has 1 heterocycles. The highest BCUT2D eigenvalue weighted by atomic mass is 79.9. The molecule has 0 radical (unpaired) electrons. The highest BCUT2D eigenvalue weighted by Gasteiger charge is 2.17. The molecule has 12 heavy (non-hydrogen) atoms. The van der Waals surface area contributed by atoms with Crippen LogP contribution in [0.3, 0.4) is 0 Å². The molecule has 0 aliphatic rings. The Morgan fingerprint density at radius 1 is 1.75 bits per heavy atom. The predicted octanol–water partition coefficient (Wildman–Crippen LogP) is 1.44. The van der Waals surface area contributed by atoms with E-state index in [0.717, 1.165) is 12.1 Å². The van der Waals surface area contributed by atoms with Gasteiger partial charge in [0.1, 0.15) is 0 Å². The molecule has 0 amide bonds. The number of rotatable bonds is 2. The van der Waals surface area contributed by atoms with Crippen molar-refractivity contribution in [3.8, 4) is 0 Å². The minimum atomic E-state index is -0.962. The Labute approximate surface area is 78.3 Å². The van der Waals surface area contributed by atoms with Gasteiger partial charge < -0.3 is 5.11 Å². The fraction of sp³-hybridized carbons (Fsp3) is 0.429. The number of hydrogen-bond acceptors (Lipinski definition) is 2. The second kappa shape index (κ2) is 3.26. The zero-order valence-corrected chi connectivity index (χ0v) is 8.42. The first-order valence-electron chi connectivity index (χ1n) is 3.52. The van der Waals surface area contributed by atoms with Crippen LogP contribution < -0.4 is 0 Å². The van der Waals surface area contributed by atoms with E-state index in [4.69, 9.17) is 5.11 Å². The molecule has 0 spiro atoms. The quantitative estimate of drug-likeness (QED) is 0.840. The molecule has 0 aliphatic heterocycles. The lowest BCUT2D eigenvalue weighted by Crippen LogP contribution is -2.05. The normalized spacial score (nSPS) is 10.2. The molecule has 0 fully saturated rings. The lowest BCUT2D eigenvalue weighted by molar-refractivity contribution is 0.0684. The lowest BCUT2D eigenvalue weighted by atomic mass is 10.3. The SMILES string of the molecule is CCc1nn(C)c(C(=O)O)c1Br. The molecule has 0 aromatic carbocycles. The van der Waals surface area contributed by atoms with Crippen molar-refractivity contribution in [2.75, 3.05) is 0 Å². The van der Waals surface area contributed by atoms with Gasteiger partial charge in [-0.15, -0.1) is 0 Å². The molecule has 0 aliphatic carbocycles. The lowest BCUT2D eigenvalue weighted by Gasteiger charge is -1.93. The Balaban J connectivity index is 3.28. The molecule has 5 heteroatoms. The van der Waals surface area contributed by atoms with E-state index >= 15 is 0 Å². The Kier molecular flexibility index (Phi) is 2.52. The Morgan fingerprint density at radius 2 is 2.33 bits per heavy atom. The highest BCUT2D eigenvalue weighted by molar-refractivity contribution is 9.10. The predicted molar refractivity (Wildman–Crippen MR) is 47.2 cm³/mol. The first kappa shape index (κ1) is 9.25. The maximum Gasteiger partial charge on any atom is 0.355 e. The van der Waals surface area contributed by atoms with Crippen molar-refractivity contribution < 1.29 is 9.90 Å². The Bertz CT molecular complexity index is 319. The summed E-state index contributed by atoms with van der Waals surface area (Å²) in [5.41, 5.74) is 0.974. The third-order valence-electron chi connectivity index (χ3n) is 1.59. The number of hydrogen-bond donors (Lipinski definition) is 1. The first-order valence-corrected chi connectivity index (χ1v) is 4.31. The van der Waals surface area contributed by atoms with Gasteiger partial charge in [0.25, 0.3) is 0 Å². The van der Waals surface area contributed by atoms with Crippen LogP contribution in [-0.2, 0) is 13.5 Å². The molecule has 0 atom stereocenters. The summed E-state index contributed by atoms with van der Waals surface area (Å²) in [7, 11) is 1.62.